The molecule has 2 heteroatoms. The van der Waals surface area contributed by atoms with Crippen molar-refractivity contribution in [1.82, 2.24) is 0 Å². The van der Waals surface area contributed by atoms with E-state index in [1.807, 2.05) is 26.0 Å². The minimum absolute atomic E-state index is 0.298. The Hall–Kier alpha value is -1.02. The Morgan fingerprint density at radius 2 is 1.88 bits per heavy atom. The average molecular weight is 236 g/mol. The highest BCUT2D eigenvalue weighted by Crippen LogP contribution is 2.31. The minimum Gasteiger partial charge on any atom is -0.496 e. The number of rotatable bonds is 5. The molecular formula is C15H24O2. The van der Waals surface area contributed by atoms with E-state index in [1.54, 1.807) is 7.11 Å². The summed E-state index contributed by atoms with van der Waals surface area (Å²) in [7, 11) is 1.68. The number of methoxy groups -OCH3 is 1. The van der Waals surface area contributed by atoms with E-state index in [1.165, 1.54) is 0 Å². The van der Waals surface area contributed by atoms with Crippen LogP contribution in [0.5, 0.6) is 5.75 Å². The van der Waals surface area contributed by atoms with Gasteiger partial charge in [0.25, 0.3) is 0 Å². The molecule has 0 fully saturated rings. The molecule has 0 saturated carbocycles. The summed E-state index contributed by atoms with van der Waals surface area (Å²) in [5.41, 5.74) is 3.21. The largest absolute Gasteiger partial charge is 0.496 e. The van der Waals surface area contributed by atoms with Crippen molar-refractivity contribution in [2.75, 3.05) is 7.11 Å². The van der Waals surface area contributed by atoms with Crippen molar-refractivity contribution >= 4 is 0 Å². The fourth-order valence-corrected chi connectivity index (χ4v) is 2.27. The molecule has 0 radical (unpaired) electrons. The summed E-state index contributed by atoms with van der Waals surface area (Å²) in [6, 6.07) is 4.05. The maximum absolute atomic E-state index is 10.3. The van der Waals surface area contributed by atoms with Crippen LogP contribution in [-0.2, 0) is 0 Å². The van der Waals surface area contributed by atoms with Gasteiger partial charge in [-0.3, -0.25) is 0 Å². The second-order valence-electron chi connectivity index (χ2n) is 4.89. The summed E-state index contributed by atoms with van der Waals surface area (Å²) in [6.45, 7) is 8.29. The second-order valence-corrected chi connectivity index (χ2v) is 4.89. The van der Waals surface area contributed by atoms with Crippen LogP contribution in [0.2, 0.25) is 0 Å². The van der Waals surface area contributed by atoms with Gasteiger partial charge in [-0.15, -0.1) is 0 Å². The Morgan fingerprint density at radius 3 is 2.41 bits per heavy atom. The van der Waals surface area contributed by atoms with Crippen LogP contribution in [0.15, 0.2) is 12.1 Å². The standard InChI is InChI=1S/C15H24O2/c1-6-7-10(2)15(16)13-8-12(4)14(17-5)9-11(13)3/h8-10,15-16H,6-7H2,1-5H3. The topological polar surface area (TPSA) is 29.5 Å². The van der Waals surface area contributed by atoms with E-state index in [-0.39, 0.29) is 6.10 Å². The van der Waals surface area contributed by atoms with Crippen molar-refractivity contribution in [3.05, 3.63) is 28.8 Å². The lowest BCUT2D eigenvalue weighted by atomic mass is 9.90. The van der Waals surface area contributed by atoms with Gasteiger partial charge < -0.3 is 9.84 Å². The van der Waals surface area contributed by atoms with Crippen LogP contribution in [0, 0.1) is 19.8 Å². The van der Waals surface area contributed by atoms with Gasteiger partial charge in [0.2, 0.25) is 0 Å². The van der Waals surface area contributed by atoms with Crippen LogP contribution in [0.25, 0.3) is 0 Å². The summed E-state index contributed by atoms with van der Waals surface area (Å²) < 4.78 is 5.29. The molecule has 2 unspecified atom stereocenters. The molecule has 0 amide bonds. The molecule has 0 aliphatic carbocycles. The first-order valence-corrected chi connectivity index (χ1v) is 6.34. The molecule has 1 aromatic rings. The van der Waals surface area contributed by atoms with Crippen LogP contribution in [0.4, 0.5) is 0 Å². The van der Waals surface area contributed by atoms with Gasteiger partial charge in [-0.1, -0.05) is 20.3 Å². The normalized spacial score (nSPS) is 14.5. The number of benzene rings is 1. The summed E-state index contributed by atoms with van der Waals surface area (Å²) in [5, 5.41) is 10.3. The van der Waals surface area contributed by atoms with Gasteiger partial charge in [0.15, 0.2) is 0 Å². The predicted molar refractivity (Wildman–Crippen MR) is 71.5 cm³/mol. The SMILES string of the molecule is CCCC(C)C(O)c1cc(C)c(OC)cc1C. The Balaban J connectivity index is 3.01. The molecule has 0 aromatic heterocycles. The number of aliphatic hydroxyl groups excluding tert-OH is 1. The summed E-state index contributed by atoms with van der Waals surface area (Å²) in [4.78, 5) is 0. The van der Waals surface area contributed by atoms with Crippen LogP contribution in [-0.4, -0.2) is 12.2 Å². The van der Waals surface area contributed by atoms with Crippen molar-refractivity contribution in [2.45, 2.75) is 46.6 Å². The fourth-order valence-electron chi connectivity index (χ4n) is 2.27. The quantitative estimate of drug-likeness (QED) is 0.843. The fraction of sp³-hybridized carbons (Fsp3) is 0.600. The molecule has 1 N–H and O–H groups in total. The zero-order valence-electron chi connectivity index (χ0n) is 11.6. The van der Waals surface area contributed by atoms with Crippen LogP contribution >= 0.6 is 0 Å². The van der Waals surface area contributed by atoms with Gasteiger partial charge in [-0.05, 0) is 55.0 Å². The average Bonchev–Trinajstić information content (AvgIpc) is 2.31. The molecule has 0 spiro atoms. The van der Waals surface area contributed by atoms with E-state index >= 15 is 0 Å². The van der Waals surface area contributed by atoms with Gasteiger partial charge in [0, 0.05) is 0 Å². The molecular weight excluding hydrogens is 212 g/mol. The Bertz CT molecular complexity index is 371. The lowest BCUT2D eigenvalue weighted by Crippen LogP contribution is -2.11. The first-order chi connectivity index (χ1) is 8.01. The van der Waals surface area contributed by atoms with Crippen molar-refractivity contribution < 1.29 is 9.84 Å². The smallest absolute Gasteiger partial charge is 0.122 e. The molecule has 0 aliphatic heterocycles. The predicted octanol–water partition coefficient (Wildman–Crippen LogP) is 3.78. The number of hydrogen-bond donors (Lipinski definition) is 1. The molecule has 96 valence electrons. The van der Waals surface area contributed by atoms with E-state index in [9.17, 15) is 5.11 Å². The van der Waals surface area contributed by atoms with Crippen molar-refractivity contribution in [3.63, 3.8) is 0 Å². The molecule has 0 heterocycles. The summed E-state index contributed by atoms with van der Waals surface area (Å²) in [5.74, 6) is 1.19. The Kier molecular flexibility index (Phi) is 5.01. The van der Waals surface area contributed by atoms with Crippen molar-refractivity contribution in [2.24, 2.45) is 5.92 Å². The first-order valence-electron chi connectivity index (χ1n) is 6.34. The van der Waals surface area contributed by atoms with Gasteiger partial charge in [-0.25, -0.2) is 0 Å². The lowest BCUT2D eigenvalue weighted by molar-refractivity contribution is 0.111. The third kappa shape index (κ3) is 3.22. The van der Waals surface area contributed by atoms with Crippen molar-refractivity contribution in [3.8, 4) is 5.75 Å². The van der Waals surface area contributed by atoms with E-state index in [4.69, 9.17) is 4.74 Å². The van der Waals surface area contributed by atoms with Crippen LogP contribution in [0.3, 0.4) is 0 Å². The summed E-state index contributed by atoms with van der Waals surface area (Å²) >= 11 is 0. The van der Waals surface area contributed by atoms with E-state index in [2.05, 4.69) is 13.8 Å². The molecule has 0 bridgehead atoms. The maximum atomic E-state index is 10.3. The van der Waals surface area contributed by atoms with Gasteiger partial charge in [0.05, 0.1) is 13.2 Å². The van der Waals surface area contributed by atoms with E-state index in [0.29, 0.717) is 5.92 Å². The third-order valence-corrected chi connectivity index (χ3v) is 3.39. The molecule has 2 nitrogen and oxygen atoms in total. The number of hydrogen-bond acceptors (Lipinski definition) is 2. The van der Waals surface area contributed by atoms with Gasteiger partial charge in [0.1, 0.15) is 5.75 Å². The molecule has 2 atom stereocenters. The minimum atomic E-state index is -0.375. The van der Waals surface area contributed by atoms with E-state index < -0.39 is 0 Å². The molecule has 0 saturated heterocycles. The maximum Gasteiger partial charge on any atom is 0.122 e. The highest BCUT2D eigenvalue weighted by atomic mass is 16.5. The summed E-state index contributed by atoms with van der Waals surface area (Å²) in [6.07, 6.45) is 1.78. The number of aryl methyl sites for hydroxylation is 2. The first kappa shape index (κ1) is 14.0. The van der Waals surface area contributed by atoms with E-state index in [0.717, 1.165) is 35.3 Å². The highest BCUT2D eigenvalue weighted by molar-refractivity contribution is 5.42. The second kappa shape index (κ2) is 6.06. The molecule has 0 aliphatic rings. The number of ether oxygens (including phenoxy) is 1. The zero-order valence-corrected chi connectivity index (χ0v) is 11.6. The lowest BCUT2D eigenvalue weighted by Gasteiger charge is -2.21. The number of aliphatic hydroxyl groups is 1. The highest BCUT2D eigenvalue weighted by Gasteiger charge is 2.18. The van der Waals surface area contributed by atoms with Crippen molar-refractivity contribution in [1.29, 1.82) is 0 Å². The monoisotopic (exact) mass is 236 g/mol. The molecule has 1 rings (SSSR count). The Morgan fingerprint density at radius 1 is 1.24 bits per heavy atom. The Labute approximate surface area is 105 Å². The van der Waals surface area contributed by atoms with Crippen LogP contribution in [0.1, 0.15) is 49.5 Å². The molecule has 17 heavy (non-hydrogen) atoms. The third-order valence-electron chi connectivity index (χ3n) is 3.39. The van der Waals surface area contributed by atoms with Gasteiger partial charge in [-0.2, -0.15) is 0 Å². The molecule has 1 aromatic carbocycles. The van der Waals surface area contributed by atoms with Gasteiger partial charge >= 0.3 is 0 Å². The van der Waals surface area contributed by atoms with Crippen LogP contribution < -0.4 is 4.74 Å². The zero-order chi connectivity index (χ0) is 13.0.